The molecule has 1 rings (SSSR count). The van der Waals surface area contributed by atoms with Gasteiger partial charge in [0.05, 0.1) is 12.3 Å². The van der Waals surface area contributed by atoms with Crippen molar-refractivity contribution in [2.75, 3.05) is 26.1 Å². The number of nitrogens with zero attached hydrogens (tertiary/aromatic N) is 1. The van der Waals surface area contributed by atoms with Gasteiger partial charge in [-0.05, 0) is 6.92 Å². The third kappa shape index (κ3) is 4.09. The van der Waals surface area contributed by atoms with Crippen LogP contribution in [0.3, 0.4) is 0 Å². The smallest absolute Gasteiger partial charge is 0.347 e. The largest absolute Gasteiger partial charge is 0.461 e. The van der Waals surface area contributed by atoms with Gasteiger partial charge in [-0.3, -0.25) is 0 Å². The van der Waals surface area contributed by atoms with E-state index in [1.807, 2.05) is 0 Å². The Bertz CT molecular complexity index is 502. The Hall–Kier alpha value is -1.31. The molecule has 2 N–H and O–H groups in total. The number of carbonyl (C=O) groups is 1. The Kier molecular flexibility index (Phi) is 6.25. The maximum absolute atomic E-state index is 13.3. The maximum atomic E-state index is 13.3. The number of hydrogen-bond acceptors (Lipinski definition) is 6. The van der Waals surface area contributed by atoms with Crippen molar-refractivity contribution in [3.8, 4) is 5.88 Å². The average molecular weight is 327 g/mol. The van der Waals surface area contributed by atoms with Crippen LogP contribution in [-0.4, -0.2) is 37.4 Å². The molecular formula is C11H13Cl2FN2O4. The molecule has 0 radical (unpaired) electrons. The van der Waals surface area contributed by atoms with Crippen molar-refractivity contribution in [3.63, 3.8) is 0 Å². The minimum atomic E-state index is -1.04. The topological polar surface area (TPSA) is 83.7 Å². The number of carbonyl (C=O) groups excluding carboxylic acids is 1. The van der Waals surface area contributed by atoms with Gasteiger partial charge in [-0.1, -0.05) is 23.2 Å². The number of pyridine rings is 1. The molecule has 0 fully saturated rings. The summed E-state index contributed by atoms with van der Waals surface area (Å²) in [5.74, 6) is -2.04. The summed E-state index contributed by atoms with van der Waals surface area (Å²) in [5, 5.41) is -0.578. The van der Waals surface area contributed by atoms with Crippen LogP contribution in [0.1, 0.15) is 6.92 Å². The predicted octanol–water partition coefficient (Wildman–Crippen LogP) is 2.07. The van der Waals surface area contributed by atoms with Gasteiger partial charge >= 0.3 is 5.97 Å². The van der Waals surface area contributed by atoms with Crippen molar-refractivity contribution >= 4 is 34.9 Å². The molecule has 1 atom stereocenters. The highest BCUT2D eigenvalue weighted by atomic mass is 35.5. The summed E-state index contributed by atoms with van der Waals surface area (Å²) in [5.41, 5.74) is 5.26. The maximum Gasteiger partial charge on any atom is 0.347 e. The Morgan fingerprint density at radius 1 is 1.40 bits per heavy atom. The number of esters is 1. The number of nitrogen functional groups attached to an aromatic ring is 1. The van der Waals surface area contributed by atoms with Crippen LogP contribution < -0.4 is 10.5 Å². The van der Waals surface area contributed by atoms with Crippen LogP contribution in [0.2, 0.25) is 10.0 Å². The van der Waals surface area contributed by atoms with Gasteiger partial charge in [0, 0.05) is 7.11 Å². The van der Waals surface area contributed by atoms with Gasteiger partial charge in [0.15, 0.2) is 6.10 Å². The molecule has 0 saturated heterocycles. The highest BCUT2D eigenvalue weighted by molar-refractivity contribution is 6.39. The second-order valence-electron chi connectivity index (χ2n) is 3.67. The first-order valence-corrected chi connectivity index (χ1v) is 6.26. The zero-order valence-electron chi connectivity index (χ0n) is 10.8. The van der Waals surface area contributed by atoms with Crippen LogP contribution in [0.25, 0.3) is 0 Å². The van der Waals surface area contributed by atoms with E-state index in [4.69, 9.17) is 43.1 Å². The third-order valence-electron chi connectivity index (χ3n) is 2.19. The summed E-state index contributed by atoms with van der Waals surface area (Å²) in [4.78, 5) is 14.9. The lowest BCUT2D eigenvalue weighted by Gasteiger charge is -2.15. The van der Waals surface area contributed by atoms with Crippen LogP contribution in [-0.2, 0) is 14.3 Å². The van der Waals surface area contributed by atoms with E-state index in [0.717, 1.165) is 0 Å². The normalized spacial score (nSPS) is 12.1. The Morgan fingerprint density at radius 2 is 2.05 bits per heavy atom. The van der Waals surface area contributed by atoms with Crippen molar-refractivity contribution in [1.29, 1.82) is 0 Å². The van der Waals surface area contributed by atoms with Crippen LogP contribution >= 0.6 is 23.2 Å². The van der Waals surface area contributed by atoms with E-state index in [1.165, 1.54) is 14.0 Å². The van der Waals surface area contributed by atoms with Gasteiger partial charge in [-0.15, -0.1) is 0 Å². The first-order valence-electron chi connectivity index (χ1n) is 5.50. The van der Waals surface area contributed by atoms with E-state index >= 15 is 0 Å². The highest BCUT2D eigenvalue weighted by Crippen LogP contribution is 2.35. The molecule has 0 aliphatic rings. The molecule has 6 nitrogen and oxygen atoms in total. The van der Waals surface area contributed by atoms with Crippen molar-refractivity contribution in [3.05, 3.63) is 16.0 Å². The molecule has 0 saturated carbocycles. The van der Waals surface area contributed by atoms with E-state index in [-0.39, 0.29) is 29.8 Å². The number of hydrogen-bond donors (Lipinski definition) is 1. The number of nitrogens with two attached hydrogens (primary N) is 1. The predicted molar refractivity (Wildman–Crippen MR) is 71.6 cm³/mol. The fourth-order valence-electron chi connectivity index (χ4n) is 1.15. The number of halogens is 3. The summed E-state index contributed by atoms with van der Waals surface area (Å²) < 4.78 is 28.0. The number of aromatic nitrogens is 1. The van der Waals surface area contributed by atoms with Crippen LogP contribution in [0, 0.1) is 5.95 Å². The summed E-state index contributed by atoms with van der Waals surface area (Å²) in [6.45, 7) is 1.72. The fraction of sp³-hybridized carbons (Fsp3) is 0.455. The van der Waals surface area contributed by atoms with E-state index < -0.39 is 23.0 Å². The van der Waals surface area contributed by atoms with Gasteiger partial charge in [0.2, 0.25) is 11.8 Å². The SMILES string of the molecule is COCCOC(=O)[C@@H](C)Oc1nc(F)c(Cl)c(N)c1Cl. The second kappa shape index (κ2) is 7.47. The van der Waals surface area contributed by atoms with Gasteiger partial charge in [-0.2, -0.15) is 9.37 Å². The van der Waals surface area contributed by atoms with Gasteiger partial charge in [-0.25, -0.2) is 4.79 Å². The van der Waals surface area contributed by atoms with Crippen molar-refractivity contribution in [2.45, 2.75) is 13.0 Å². The number of anilines is 1. The molecule has 1 heterocycles. The second-order valence-corrected chi connectivity index (χ2v) is 4.43. The third-order valence-corrected chi connectivity index (χ3v) is 2.92. The van der Waals surface area contributed by atoms with Crippen molar-refractivity contribution < 1.29 is 23.4 Å². The molecule has 0 unspecified atom stereocenters. The molecule has 1 aromatic rings. The molecule has 0 aliphatic heterocycles. The lowest BCUT2D eigenvalue weighted by molar-refractivity contribution is -0.152. The molecule has 0 aromatic carbocycles. The quantitative estimate of drug-likeness (QED) is 0.489. The molecule has 0 bridgehead atoms. The average Bonchev–Trinajstić information content (AvgIpc) is 2.42. The van der Waals surface area contributed by atoms with E-state index in [9.17, 15) is 9.18 Å². The zero-order chi connectivity index (χ0) is 15.3. The van der Waals surface area contributed by atoms with Gasteiger partial charge in [0.1, 0.15) is 16.7 Å². The van der Waals surface area contributed by atoms with E-state index in [1.54, 1.807) is 0 Å². The monoisotopic (exact) mass is 326 g/mol. The molecule has 20 heavy (non-hydrogen) atoms. The summed E-state index contributed by atoms with van der Waals surface area (Å²) in [6.07, 6.45) is -1.04. The first-order chi connectivity index (χ1) is 9.38. The minimum Gasteiger partial charge on any atom is -0.461 e. The Balaban J connectivity index is 2.76. The van der Waals surface area contributed by atoms with Gasteiger partial charge < -0.3 is 19.9 Å². The van der Waals surface area contributed by atoms with Crippen molar-refractivity contribution in [1.82, 2.24) is 4.98 Å². The van der Waals surface area contributed by atoms with Crippen LogP contribution in [0.4, 0.5) is 10.1 Å². The number of methoxy groups -OCH3 is 1. The summed E-state index contributed by atoms with van der Waals surface area (Å²) in [7, 11) is 1.47. The summed E-state index contributed by atoms with van der Waals surface area (Å²) in [6, 6.07) is 0. The Labute approximate surface area is 124 Å². The van der Waals surface area contributed by atoms with Crippen LogP contribution in [0.5, 0.6) is 5.88 Å². The standard InChI is InChI=1S/C11H13Cl2FN2O4/c1-5(11(17)19-4-3-18-2)20-10-7(13)8(15)6(12)9(14)16-10/h5H,3-4H2,1-2H3,(H2,15,16)/t5-/m1/s1. The van der Waals surface area contributed by atoms with Crippen LogP contribution in [0.15, 0.2) is 0 Å². The molecule has 9 heteroatoms. The molecule has 0 amide bonds. The fourth-order valence-corrected chi connectivity index (χ4v) is 1.51. The van der Waals surface area contributed by atoms with E-state index in [2.05, 4.69) is 4.98 Å². The molecular weight excluding hydrogens is 314 g/mol. The minimum absolute atomic E-state index is 0.0707. The number of rotatable bonds is 6. The van der Waals surface area contributed by atoms with Crippen molar-refractivity contribution in [2.24, 2.45) is 0 Å². The van der Waals surface area contributed by atoms with E-state index in [0.29, 0.717) is 0 Å². The van der Waals surface area contributed by atoms with Gasteiger partial charge in [0.25, 0.3) is 0 Å². The lowest BCUT2D eigenvalue weighted by Crippen LogP contribution is -2.27. The molecule has 0 spiro atoms. The number of ether oxygens (including phenoxy) is 3. The summed E-state index contributed by atoms with van der Waals surface area (Å²) >= 11 is 11.3. The highest BCUT2D eigenvalue weighted by Gasteiger charge is 2.22. The molecule has 0 aliphatic carbocycles. The lowest BCUT2D eigenvalue weighted by atomic mass is 10.4. The Morgan fingerprint density at radius 3 is 2.65 bits per heavy atom. The zero-order valence-corrected chi connectivity index (χ0v) is 12.3. The first kappa shape index (κ1) is 16.7. The molecule has 112 valence electrons. The molecule has 1 aromatic heterocycles.